The van der Waals surface area contributed by atoms with E-state index in [2.05, 4.69) is 29.8 Å². The molecule has 114 valence electrons. The van der Waals surface area contributed by atoms with Crippen LogP contribution in [0.5, 0.6) is 0 Å². The largest absolute Gasteiger partial charge is 0.338 e. The van der Waals surface area contributed by atoms with Crippen molar-refractivity contribution in [3.05, 3.63) is 20.3 Å². The van der Waals surface area contributed by atoms with Gasteiger partial charge in [-0.15, -0.1) is 11.3 Å². The van der Waals surface area contributed by atoms with Crippen LogP contribution in [-0.2, 0) is 0 Å². The smallest absolute Gasteiger partial charge is 0.263 e. The van der Waals surface area contributed by atoms with Crippen LogP contribution in [0.25, 0.3) is 0 Å². The summed E-state index contributed by atoms with van der Waals surface area (Å²) in [4.78, 5) is 15.5. The third-order valence-electron chi connectivity index (χ3n) is 3.42. The second-order valence-electron chi connectivity index (χ2n) is 5.27. The Bertz CT molecular complexity index is 387. The van der Waals surface area contributed by atoms with E-state index < -0.39 is 0 Å². The molecule has 0 bridgehead atoms. The standard InChI is InChI=1S/C16H26BrNOS/c1-4-6-8-10-18(11-9-7-5-2)16(19)14-12-13(3)15(17)20-14/h12H,4-11H2,1-3H3. The van der Waals surface area contributed by atoms with Crippen LogP contribution < -0.4 is 0 Å². The molecule has 0 saturated carbocycles. The Balaban J connectivity index is 2.66. The zero-order valence-corrected chi connectivity index (χ0v) is 15.3. The van der Waals surface area contributed by atoms with Crippen molar-refractivity contribution in [2.75, 3.05) is 13.1 Å². The van der Waals surface area contributed by atoms with Crippen molar-refractivity contribution < 1.29 is 4.79 Å². The van der Waals surface area contributed by atoms with Crippen molar-refractivity contribution in [1.82, 2.24) is 4.90 Å². The molecule has 0 radical (unpaired) electrons. The topological polar surface area (TPSA) is 20.3 Å². The molecule has 0 fully saturated rings. The number of nitrogens with zero attached hydrogens (tertiary/aromatic N) is 1. The van der Waals surface area contributed by atoms with E-state index in [1.165, 1.54) is 25.7 Å². The molecule has 0 aliphatic heterocycles. The van der Waals surface area contributed by atoms with Gasteiger partial charge in [0.05, 0.1) is 8.66 Å². The van der Waals surface area contributed by atoms with E-state index in [1.807, 2.05) is 17.9 Å². The zero-order chi connectivity index (χ0) is 15.0. The highest BCUT2D eigenvalue weighted by Crippen LogP contribution is 2.28. The summed E-state index contributed by atoms with van der Waals surface area (Å²) >= 11 is 5.06. The van der Waals surface area contributed by atoms with Gasteiger partial charge in [0.1, 0.15) is 0 Å². The predicted molar refractivity (Wildman–Crippen MR) is 91.7 cm³/mol. The number of carbonyl (C=O) groups excluding carboxylic acids is 1. The number of halogens is 1. The molecule has 1 amide bonds. The summed E-state index contributed by atoms with van der Waals surface area (Å²) in [5.74, 6) is 0.205. The van der Waals surface area contributed by atoms with Crippen molar-refractivity contribution in [3.63, 3.8) is 0 Å². The minimum Gasteiger partial charge on any atom is -0.338 e. The van der Waals surface area contributed by atoms with Gasteiger partial charge in [-0.05, 0) is 47.3 Å². The average Bonchev–Trinajstić information content (AvgIpc) is 2.76. The third-order valence-corrected chi connectivity index (χ3v) is 5.54. The normalized spacial score (nSPS) is 10.8. The van der Waals surface area contributed by atoms with Crippen LogP contribution in [-0.4, -0.2) is 23.9 Å². The summed E-state index contributed by atoms with van der Waals surface area (Å²) in [5, 5.41) is 0. The fourth-order valence-corrected chi connectivity index (χ4v) is 3.64. The second kappa shape index (κ2) is 9.56. The maximum absolute atomic E-state index is 12.6. The zero-order valence-electron chi connectivity index (χ0n) is 12.9. The molecule has 0 saturated heterocycles. The van der Waals surface area contributed by atoms with Crippen LogP contribution in [0, 0.1) is 6.92 Å². The first-order valence-corrected chi connectivity index (χ1v) is 9.26. The lowest BCUT2D eigenvalue weighted by Crippen LogP contribution is -2.32. The molecular formula is C16H26BrNOS. The van der Waals surface area contributed by atoms with Gasteiger partial charge in [-0.25, -0.2) is 0 Å². The SMILES string of the molecule is CCCCCN(CCCCC)C(=O)c1cc(C)c(Br)s1. The number of unbranched alkanes of at least 4 members (excludes halogenated alkanes) is 4. The highest BCUT2D eigenvalue weighted by molar-refractivity contribution is 9.11. The number of hydrogen-bond donors (Lipinski definition) is 0. The van der Waals surface area contributed by atoms with Gasteiger partial charge in [-0.3, -0.25) is 4.79 Å². The van der Waals surface area contributed by atoms with Gasteiger partial charge >= 0.3 is 0 Å². The molecule has 1 rings (SSSR count). The molecule has 1 aromatic rings. The first-order chi connectivity index (χ1) is 9.60. The average molecular weight is 360 g/mol. The Morgan fingerprint density at radius 1 is 1.15 bits per heavy atom. The first-order valence-electron chi connectivity index (χ1n) is 7.65. The van der Waals surface area contributed by atoms with Crippen LogP contribution in [0.4, 0.5) is 0 Å². The summed E-state index contributed by atoms with van der Waals surface area (Å²) < 4.78 is 1.07. The predicted octanol–water partition coefficient (Wildman–Crippen LogP) is 5.64. The fourth-order valence-electron chi connectivity index (χ4n) is 2.14. The van der Waals surface area contributed by atoms with E-state index in [4.69, 9.17) is 0 Å². The summed E-state index contributed by atoms with van der Waals surface area (Å²) in [7, 11) is 0. The molecule has 1 heterocycles. The number of amides is 1. The molecule has 1 aromatic heterocycles. The minimum atomic E-state index is 0.205. The number of aryl methyl sites for hydroxylation is 1. The van der Waals surface area contributed by atoms with E-state index >= 15 is 0 Å². The molecular weight excluding hydrogens is 334 g/mol. The van der Waals surface area contributed by atoms with E-state index in [9.17, 15) is 4.79 Å². The summed E-state index contributed by atoms with van der Waals surface area (Å²) in [5.41, 5.74) is 1.15. The van der Waals surface area contributed by atoms with E-state index in [0.29, 0.717) is 0 Å². The Morgan fingerprint density at radius 3 is 2.10 bits per heavy atom. The fraction of sp³-hybridized carbons (Fsp3) is 0.688. The summed E-state index contributed by atoms with van der Waals surface area (Å²) in [6.45, 7) is 8.22. The lowest BCUT2D eigenvalue weighted by Gasteiger charge is -2.22. The Kier molecular flexibility index (Phi) is 8.46. The molecule has 0 spiro atoms. The summed E-state index contributed by atoms with van der Waals surface area (Å²) in [6, 6.07) is 2.00. The lowest BCUT2D eigenvalue weighted by atomic mass is 10.2. The number of hydrogen-bond acceptors (Lipinski definition) is 2. The van der Waals surface area contributed by atoms with Crippen molar-refractivity contribution in [1.29, 1.82) is 0 Å². The molecule has 0 N–H and O–H groups in total. The van der Waals surface area contributed by atoms with Crippen LogP contribution in [0.1, 0.15) is 67.6 Å². The number of rotatable bonds is 9. The van der Waals surface area contributed by atoms with Gasteiger partial charge in [0.2, 0.25) is 0 Å². The van der Waals surface area contributed by atoms with Crippen molar-refractivity contribution in [3.8, 4) is 0 Å². The highest BCUT2D eigenvalue weighted by Gasteiger charge is 2.18. The molecule has 20 heavy (non-hydrogen) atoms. The van der Waals surface area contributed by atoms with Gasteiger partial charge in [-0.2, -0.15) is 0 Å². The van der Waals surface area contributed by atoms with Crippen molar-refractivity contribution in [2.24, 2.45) is 0 Å². The molecule has 0 aromatic carbocycles. The van der Waals surface area contributed by atoms with E-state index in [1.54, 1.807) is 11.3 Å². The Labute approximate surface area is 135 Å². The van der Waals surface area contributed by atoms with Crippen molar-refractivity contribution >= 4 is 33.2 Å². The van der Waals surface area contributed by atoms with E-state index in [0.717, 1.165) is 40.2 Å². The molecule has 2 nitrogen and oxygen atoms in total. The highest BCUT2D eigenvalue weighted by atomic mass is 79.9. The monoisotopic (exact) mass is 359 g/mol. The van der Waals surface area contributed by atoms with Crippen LogP contribution >= 0.6 is 27.3 Å². The quantitative estimate of drug-likeness (QED) is 0.522. The van der Waals surface area contributed by atoms with Crippen LogP contribution in [0.15, 0.2) is 9.85 Å². The van der Waals surface area contributed by atoms with Gasteiger partial charge in [0.25, 0.3) is 5.91 Å². The minimum absolute atomic E-state index is 0.205. The lowest BCUT2D eigenvalue weighted by molar-refractivity contribution is 0.0754. The maximum atomic E-state index is 12.6. The first kappa shape index (κ1) is 17.7. The molecule has 0 atom stereocenters. The van der Waals surface area contributed by atoms with Gasteiger partial charge in [-0.1, -0.05) is 39.5 Å². The van der Waals surface area contributed by atoms with Crippen LogP contribution in [0.2, 0.25) is 0 Å². The van der Waals surface area contributed by atoms with Crippen LogP contribution in [0.3, 0.4) is 0 Å². The molecule has 0 aliphatic rings. The summed E-state index contributed by atoms with van der Waals surface area (Å²) in [6.07, 6.45) is 7.01. The van der Waals surface area contributed by atoms with E-state index in [-0.39, 0.29) is 5.91 Å². The molecule has 0 aliphatic carbocycles. The van der Waals surface area contributed by atoms with Gasteiger partial charge in [0, 0.05) is 13.1 Å². The molecule has 4 heteroatoms. The molecule has 0 unspecified atom stereocenters. The number of thiophene rings is 1. The second-order valence-corrected chi connectivity index (χ2v) is 7.64. The maximum Gasteiger partial charge on any atom is 0.263 e. The number of carbonyl (C=O) groups is 1. The Hall–Kier alpha value is -0.350. The van der Waals surface area contributed by atoms with Gasteiger partial charge in [0.15, 0.2) is 0 Å². The Morgan fingerprint density at radius 2 is 1.70 bits per heavy atom. The third kappa shape index (κ3) is 5.57. The van der Waals surface area contributed by atoms with Gasteiger partial charge < -0.3 is 4.90 Å². The van der Waals surface area contributed by atoms with Crippen molar-refractivity contribution in [2.45, 2.75) is 59.3 Å².